The van der Waals surface area contributed by atoms with Crippen LogP contribution in [0.5, 0.6) is 0 Å². The van der Waals surface area contributed by atoms with Crippen molar-refractivity contribution in [2.24, 2.45) is 10.9 Å². The van der Waals surface area contributed by atoms with Crippen LogP contribution >= 0.6 is 24.0 Å². The van der Waals surface area contributed by atoms with Gasteiger partial charge in [-0.15, -0.1) is 24.0 Å². The van der Waals surface area contributed by atoms with E-state index in [1.807, 2.05) is 6.92 Å². The number of ether oxygens (including phenoxy) is 1. The zero-order valence-electron chi connectivity index (χ0n) is 13.7. The number of piperidine rings is 1. The van der Waals surface area contributed by atoms with E-state index in [1.165, 1.54) is 6.26 Å². The van der Waals surface area contributed by atoms with Gasteiger partial charge in [-0.3, -0.25) is 4.99 Å². The zero-order chi connectivity index (χ0) is 15.7. The lowest BCUT2D eigenvalue weighted by atomic mass is 9.98. The molecule has 0 saturated carbocycles. The summed E-state index contributed by atoms with van der Waals surface area (Å²) in [5.74, 6) is 1.24. The van der Waals surface area contributed by atoms with E-state index in [0.717, 1.165) is 31.9 Å². The fraction of sp³-hybridized carbons (Fsp3) is 0.923. The lowest BCUT2D eigenvalue weighted by molar-refractivity contribution is 0.152. The Bertz CT molecular complexity index is 423. The van der Waals surface area contributed by atoms with E-state index in [1.54, 1.807) is 11.4 Å². The highest BCUT2D eigenvalue weighted by atomic mass is 127. The molecular weight excluding hydrogens is 419 g/mol. The van der Waals surface area contributed by atoms with E-state index >= 15 is 0 Å². The Morgan fingerprint density at radius 1 is 1.32 bits per heavy atom. The molecule has 1 saturated heterocycles. The standard InChI is InChI=1S/C13H28N4O3S.HI/c1-4-20-10-7-15-13(14-2)16-11-12-5-8-17(9-6-12)21(3,18)19;/h12H,4-11H2,1-3H3,(H2,14,15,16);1H. The third-order valence-electron chi connectivity index (χ3n) is 3.57. The Balaban J connectivity index is 0.00000441. The van der Waals surface area contributed by atoms with Crippen LogP contribution in [0.1, 0.15) is 19.8 Å². The van der Waals surface area contributed by atoms with E-state index in [4.69, 9.17) is 4.74 Å². The van der Waals surface area contributed by atoms with Gasteiger partial charge >= 0.3 is 0 Å². The maximum absolute atomic E-state index is 11.4. The molecule has 0 aliphatic carbocycles. The number of aliphatic imine (C=N–C) groups is 1. The molecule has 7 nitrogen and oxygen atoms in total. The quantitative estimate of drug-likeness (QED) is 0.256. The van der Waals surface area contributed by atoms with Gasteiger partial charge in [-0.2, -0.15) is 0 Å². The van der Waals surface area contributed by atoms with Crippen LogP contribution in [-0.4, -0.2) is 71.4 Å². The van der Waals surface area contributed by atoms with Gasteiger partial charge in [0.05, 0.1) is 12.9 Å². The van der Waals surface area contributed by atoms with Crippen LogP contribution in [0.3, 0.4) is 0 Å². The predicted octanol–water partition coefficient (Wildman–Crippen LogP) is 0.478. The van der Waals surface area contributed by atoms with E-state index in [2.05, 4.69) is 15.6 Å². The van der Waals surface area contributed by atoms with E-state index in [-0.39, 0.29) is 24.0 Å². The predicted molar refractivity (Wildman–Crippen MR) is 100 cm³/mol. The average Bonchev–Trinajstić information content (AvgIpc) is 2.46. The van der Waals surface area contributed by atoms with Crippen molar-refractivity contribution in [1.29, 1.82) is 0 Å². The summed E-state index contributed by atoms with van der Waals surface area (Å²) in [6.45, 7) is 6.10. The molecule has 132 valence electrons. The Morgan fingerprint density at radius 3 is 2.45 bits per heavy atom. The van der Waals surface area contributed by atoms with Gasteiger partial charge in [0.25, 0.3) is 0 Å². The third kappa shape index (κ3) is 8.49. The summed E-state index contributed by atoms with van der Waals surface area (Å²) < 4.78 is 29.7. The summed E-state index contributed by atoms with van der Waals surface area (Å²) in [5.41, 5.74) is 0. The van der Waals surface area contributed by atoms with Crippen LogP contribution in [0.2, 0.25) is 0 Å². The number of rotatable bonds is 7. The van der Waals surface area contributed by atoms with Crippen molar-refractivity contribution in [2.75, 3.05) is 52.7 Å². The first-order valence-corrected chi connectivity index (χ1v) is 9.29. The summed E-state index contributed by atoms with van der Waals surface area (Å²) in [6, 6.07) is 0. The normalized spacial score (nSPS) is 17.9. The van der Waals surface area contributed by atoms with Crippen molar-refractivity contribution in [3.63, 3.8) is 0 Å². The summed E-state index contributed by atoms with van der Waals surface area (Å²) in [7, 11) is -1.30. The molecule has 0 unspecified atom stereocenters. The van der Waals surface area contributed by atoms with Crippen molar-refractivity contribution in [3.8, 4) is 0 Å². The molecule has 1 rings (SSSR count). The molecule has 9 heteroatoms. The number of nitrogens with zero attached hydrogens (tertiary/aromatic N) is 2. The molecule has 1 fully saturated rings. The summed E-state index contributed by atoms with van der Waals surface area (Å²) in [6.07, 6.45) is 3.04. The second kappa shape index (κ2) is 11.4. The van der Waals surface area contributed by atoms with Crippen molar-refractivity contribution in [3.05, 3.63) is 0 Å². The van der Waals surface area contributed by atoms with Crippen LogP contribution in [0.15, 0.2) is 4.99 Å². The maximum Gasteiger partial charge on any atom is 0.211 e. The van der Waals surface area contributed by atoms with Gasteiger partial charge in [0.15, 0.2) is 5.96 Å². The molecule has 2 N–H and O–H groups in total. The lowest BCUT2D eigenvalue weighted by Gasteiger charge is -2.30. The molecule has 1 aliphatic heterocycles. The first-order valence-electron chi connectivity index (χ1n) is 7.44. The first-order chi connectivity index (χ1) is 9.97. The van der Waals surface area contributed by atoms with Crippen molar-refractivity contribution in [2.45, 2.75) is 19.8 Å². The van der Waals surface area contributed by atoms with Gasteiger partial charge in [-0.1, -0.05) is 0 Å². The summed E-state index contributed by atoms with van der Waals surface area (Å²) in [4.78, 5) is 4.16. The summed E-state index contributed by atoms with van der Waals surface area (Å²) >= 11 is 0. The Labute approximate surface area is 151 Å². The SMILES string of the molecule is CCOCCNC(=NC)NCC1CCN(S(C)(=O)=O)CC1.I. The molecular formula is C13H29IN4O3S. The molecule has 0 atom stereocenters. The molecule has 0 aromatic heterocycles. The van der Waals surface area contributed by atoms with Gasteiger partial charge in [-0.05, 0) is 25.7 Å². The van der Waals surface area contributed by atoms with Crippen LogP contribution in [0.25, 0.3) is 0 Å². The third-order valence-corrected chi connectivity index (χ3v) is 4.87. The number of hydrogen-bond donors (Lipinski definition) is 2. The topological polar surface area (TPSA) is 83.0 Å². The van der Waals surface area contributed by atoms with Gasteiger partial charge in [0.1, 0.15) is 0 Å². The van der Waals surface area contributed by atoms with Crippen LogP contribution in [0.4, 0.5) is 0 Å². The van der Waals surface area contributed by atoms with Crippen molar-refractivity contribution < 1.29 is 13.2 Å². The van der Waals surface area contributed by atoms with E-state index < -0.39 is 10.0 Å². The maximum atomic E-state index is 11.4. The zero-order valence-corrected chi connectivity index (χ0v) is 16.8. The first kappa shape index (κ1) is 21.9. The molecule has 0 aromatic rings. The smallest absolute Gasteiger partial charge is 0.211 e. The van der Waals surface area contributed by atoms with Crippen LogP contribution in [-0.2, 0) is 14.8 Å². The van der Waals surface area contributed by atoms with Crippen molar-refractivity contribution in [1.82, 2.24) is 14.9 Å². The minimum atomic E-state index is -3.04. The number of hydrogen-bond acceptors (Lipinski definition) is 4. The molecule has 0 radical (unpaired) electrons. The second-order valence-corrected chi connectivity index (χ2v) is 7.16. The Hall–Kier alpha value is -0.130. The van der Waals surface area contributed by atoms with Gasteiger partial charge in [-0.25, -0.2) is 12.7 Å². The molecule has 1 aliphatic rings. The Morgan fingerprint density at radius 2 is 1.95 bits per heavy atom. The van der Waals surface area contributed by atoms with E-state index in [9.17, 15) is 8.42 Å². The monoisotopic (exact) mass is 448 g/mol. The van der Waals surface area contributed by atoms with Crippen LogP contribution in [0, 0.1) is 5.92 Å². The number of halogens is 1. The molecule has 0 amide bonds. The Kier molecular flexibility index (Phi) is 11.3. The van der Waals surface area contributed by atoms with Gasteiger partial charge in [0, 0.05) is 39.8 Å². The fourth-order valence-electron chi connectivity index (χ4n) is 2.29. The largest absolute Gasteiger partial charge is 0.380 e. The van der Waals surface area contributed by atoms with Crippen molar-refractivity contribution >= 4 is 40.0 Å². The van der Waals surface area contributed by atoms with Gasteiger partial charge < -0.3 is 15.4 Å². The van der Waals surface area contributed by atoms with Gasteiger partial charge in [0.2, 0.25) is 10.0 Å². The molecule has 1 heterocycles. The highest BCUT2D eigenvalue weighted by Crippen LogP contribution is 2.18. The lowest BCUT2D eigenvalue weighted by Crippen LogP contribution is -2.44. The molecule has 22 heavy (non-hydrogen) atoms. The molecule has 0 bridgehead atoms. The number of nitrogens with one attached hydrogen (secondary N) is 2. The highest BCUT2D eigenvalue weighted by molar-refractivity contribution is 14.0. The molecule has 0 spiro atoms. The van der Waals surface area contributed by atoms with Crippen LogP contribution < -0.4 is 10.6 Å². The summed E-state index contributed by atoms with van der Waals surface area (Å²) in [5, 5.41) is 6.47. The van der Waals surface area contributed by atoms with E-state index in [0.29, 0.717) is 32.2 Å². The number of guanidine groups is 1. The average molecular weight is 448 g/mol. The molecule has 0 aromatic carbocycles. The fourth-order valence-corrected chi connectivity index (χ4v) is 3.17. The minimum Gasteiger partial charge on any atom is -0.380 e. The minimum absolute atomic E-state index is 0. The highest BCUT2D eigenvalue weighted by Gasteiger charge is 2.24. The second-order valence-electron chi connectivity index (χ2n) is 5.18. The number of sulfonamides is 1.